The number of anilines is 3. The van der Waals surface area contributed by atoms with Crippen LogP contribution >= 0.6 is 11.5 Å². The van der Waals surface area contributed by atoms with Gasteiger partial charge in [0.15, 0.2) is 0 Å². The van der Waals surface area contributed by atoms with E-state index < -0.39 is 5.91 Å². The molecule has 1 aromatic heterocycles. The molecule has 0 fully saturated rings. The smallest absolute Gasteiger partial charge is 0.250 e. The highest BCUT2D eigenvalue weighted by atomic mass is 32.1. The molecular formula is C10H11N5OS. The fourth-order valence-electron chi connectivity index (χ4n) is 1.32. The van der Waals surface area contributed by atoms with Gasteiger partial charge in [0.25, 0.3) is 5.91 Å². The van der Waals surface area contributed by atoms with Crippen LogP contribution in [0.5, 0.6) is 0 Å². The van der Waals surface area contributed by atoms with Gasteiger partial charge >= 0.3 is 0 Å². The first kappa shape index (κ1) is 11.3. The number of hydrogen-bond acceptors (Lipinski definition) is 6. The van der Waals surface area contributed by atoms with Crippen molar-refractivity contribution < 1.29 is 4.79 Å². The molecule has 0 aliphatic carbocycles. The number of nitrogens with zero attached hydrogens (tertiary/aromatic N) is 2. The zero-order chi connectivity index (χ0) is 12.4. The topological polar surface area (TPSA) is 107 Å². The van der Waals surface area contributed by atoms with Crippen molar-refractivity contribution in [3.8, 4) is 0 Å². The molecule has 0 saturated heterocycles. The third-order valence-electron chi connectivity index (χ3n) is 2.10. The highest BCUT2D eigenvalue weighted by Crippen LogP contribution is 2.22. The molecule has 7 heteroatoms. The summed E-state index contributed by atoms with van der Waals surface area (Å²) < 4.78 is 4.04. The molecule has 2 rings (SSSR count). The molecule has 5 N–H and O–H groups in total. The fraction of sp³-hybridized carbons (Fsp3) is 0.100. The molecule has 2 aromatic rings. The van der Waals surface area contributed by atoms with Crippen LogP contribution in [0.4, 0.5) is 16.5 Å². The zero-order valence-corrected chi connectivity index (χ0v) is 9.91. The molecule has 0 radical (unpaired) electrons. The number of primary amides is 1. The van der Waals surface area contributed by atoms with Crippen molar-refractivity contribution in [3.05, 3.63) is 29.6 Å². The third kappa shape index (κ3) is 2.51. The van der Waals surface area contributed by atoms with Gasteiger partial charge in [-0.05, 0) is 25.1 Å². The Kier molecular flexibility index (Phi) is 2.92. The number of aromatic nitrogens is 2. The molecule has 0 saturated carbocycles. The molecule has 0 aliphatic rings. The Morgan fingerprint density at radius 1 is 1.47 bits per heavy atom. The first-order valence-corrected chi connectivity index (χ1v) is 5.60. The third-order valence-corrected chi connectivity index (χ3v) is 2.82. The van der Waals surface area contributed by atoms with Gasteiger partial charge in [0.1, 0.15) is 5.82 Å². The Hall–Kier alpha value is -2.15. The number of rotatable bonds is 3. The summed E-state index contributed by atoms with van der Waals surface area (Å²) in [7, 11) is 0. The van der Waals surface area contributed by atoms with Crippen molar-refractivity contribution >= 4 is 33.9 Å². The molecule has 0 aliphatic heterocycles. The van der Waals surface area contributed by atoms with Crippen LogP contribution in [0, 0.1) is 6.92 Å². The van der Waals surface area contributed by atoms with Gasteiger partial charge in [0.2, 0.25) is 5.13 Å². The van der Waals surface area contributed by atoms with Crippen LogP contribution in [-0.2, 0) is 0 Å². The minimum Gasteiger partial charge on any atom is -0.398 e. The van der Waals surface area contributed by atoms with Gasteiger partial charge in [-0.3, -0.25) is 4.79 Å². The summed E-state index contributed by atoms with van der Waals surface area (Å²) in [5.74, 6) is 0.141. The van der Waals surface area contributed by atoms with Gasteiger partial charge in [-0.2, -0.15) is 4.37 Å². The van der Waals surface area contributed by atoms with E-state index in [0.29, 0.717) is 22.3 Å². The highest BCUT2D eigenvalue weighted by Gasteiger charge is 2.08. The van der Waals surface area contributed by atoms with Gasteiger partial charge in [-0.25, -0.2) is 4.98 Å². The van der Waals surface area contributed by atoms with Crippen LogP contribution < -0.4 is 16.8 Å². The number of carbonyl (C=O) groups excluding carboxylic acids is 1. The van der Waals surface area contributed by atoms with E-state index in [2.05, 4.69) is 14.7 Å². The van der Waals surface area contributed by atoms with E-state index in [1.54, 1.807) is 25.1 Å². The van der Waals surface area contributed by atoms with Gasteiger partial charge in [-0.1, -0.05) is 0 Å². The highest BCUT2D eigenvalue weighted by molar-refractivity contribution is 7.09. The van der Waals surface area contributed by atoms with E-state index in [1.165, 1.54) is 11.5 Å². The lowest BCUT2D eigenvalue weighted by Gasteiger charge is -2.06. The number of nitrogen functional groups attached to an aromatic ring is 1. The zero-order valence-electron chi connectivity index (χ0n) is 9.10. The molecule has 1 amide bonds. The quantitative estimate of drug-likeness (QED) is 0.710. The number of amides is 1. The second-order valence-electron chi connectivity index (χ2n) is 3.44. The predicted molar refractivity (Wildman–Crippen MR) is 67.3 cm³/mol. The van der Waals surface area contributed by atoms with E-state index >= 15 is 0 Å². The van der Waals surface area contributed by atoms with E-state index in [0.717, 1.165) is 0 Å². The summed E-state index contributed by atoms with van der Waals surface area (Å²) in [5.41, 5.74) is 12.2. The standard InChI is InChI=1S/C10H11N5OS/c1-5-13-10(17-15-5)14-6-2-3-8(11)7(4-6)9(12)16/h2-4H,11H2,1H3,(H2,12,16)(H,13,14,15). The van der Waals surface area contributed by atoms with Gasteiger partial charge in [0, 0.05) is 22.9 Å². The maximum absolute atomic E-state index is 11.1. The second kappa shape index (κ2) is 4.38. The second-order valence-corrected chi connectivity index (χ2v) is 4.19. The number of carbonyl (C=O) groups is 1. The molecule has 0 unspecified atom stereocenters. The number of benzene rings is 1. The maximum Gasteiger partial charge on any atom is 0.250 e. The summed E-state index contributed by atoms with van der Waals surface area (Å²) in [6.45, 7) is 1.81. The summed E-state index contributed by atoms with van der Waals surface area (Å²) in [6.07, 6.45) is 0. The Morgan fingerprint density at radius 3 is 2.82 bits per heavy atom. The van der Waals surface area contributed by atoms with E-state index in [9.17, 15) is 4.79 Å². The molecule has 0 spiro atoms. The van der Waals surface area contributed by atoms with Crippen molar-refractivity contribution in [2.24, 2.45) is 5.73 Å². The first-order valence-electron chi connectivity index (χ1n) is 4.83. The van der Waals surface area contributed by atoms with Crippen LogP contribution in [0.25, 0.3) is 0 Å². The molecule has 6 nitrogen and oxygen atoms in total. The van der Waals surface area contributed by atoms with Gasteiger partial charge < -0.3 is 16.8 Å². The average Bonchev–Trinajstić information content (AvgIpc) is 2.66. The van der Waals surface area contributed by atoms with E-state index in [4.69, 9.17) is 11.5 Å². The summed E-state index contributed by atoms with van der Waals surface area (Å²) in [6, 6.07) is 4.96. The Bertz CT molecular complexity index is 566. The number of nitrogens with two attached hydrogens (primary N) is 2. The largest absolute Gasteiger partial charge is 0.398 e. The molecule has 17 heavy (non-hydrogen) atoms. The molecular weight excluding hydrogens is 238 g/mol. The lowest BCUT2D eigenvalue weighted by molar-refractivity contribution is 0.100. The molecule has 88 valence electrons. The van der Waals surface area contributed by atoms with Crippen LogP contribution in [0.15, 0.2) is 18.2 Å². The van der Waals surface area contributed by atoms with Crippen LogP contribution in [0.3, 0.4) is 0 Å². The van der Waals surface area contributed by atoms with Gasteiger partial charge in [0.05, 0.1) is 5.56 Å². The Morgan fingerprint density at radius 2 is 2.24 bits per heavy atom. The summed E-state index contributed by atoms with van der Waals surface area (Å²) in [4.78, 5) is 15.3. The lowest BCUT2D eigenvalue weighted by atomic mass is 10.1. The molecule has 1 aromatic carbocycles. The van der Waals surface area contributed by atoms with Crippen molar-refractivity contribution in [2.75, 3.05) is 11.1 Å². The first-order chi connectivity index (χ1) is 8.06. The lowest BCUT2D eigenvalue weighted by Crippen LogP contribution is -2.13. The normalized spacial score (nSPS) is 10.2. The Balaban J connectivity index is 2.28. The molecule has 0 atom stereocenters. The van der Waals surface area contributed by atoms with Crippen LogP contribution in [0.1, 0.15) is 16.2 Å². The van der Waals surface area contributed by atoms with Crippen molar-refractivity contribution in [1.29, 1.82) is 0 Å². The average molecular weight is 249 g/mol. The monoisotopic (exact) mass is 249 g/mol. The molecule has 0 bridgehead atoms. The van der Waals surface area contributed by atoms with Gasteiger partial charge in [-0.15, -0.1) is 0 Å². The molecule has 1 heterocycles. The SMILES string of the molecule is Cc1nsc(Nc2ccc(N)c(C(N)=O)c2)n1. The predicted octanol–water partition coefficient (Wildman–Crippen LogP) is 1.27. The fourth-order valence-corrected chi connectivity index (χ4v) is 1.91. The van der Waals surface area contributed by atoms with E-state index in [-0.39, 0.29) is 5.56 Å². The van der Waals surface area contributed by atoms with Crippen LogP contribution in [-0.4, -0.2) is 15.3 Å². The summed E-state index contributed by atoms with van der Waals surface area (Å²) >= 11 is 1.24. The van der Waals surface area contributed by atoms with Crippen molar-refractivity contribution in [1.82, 2.24) is 9.36 Å². The van der Waals surface area contributed by atoms with Crippen molar-refractivity contribution in [3.63, 3.8) is 0 Å². The van der Waals surface area contributed by atoms with Crippen molar-refractivity contribution in [2.45, 2.75) is 6.92 Å². The van der Waals surface area contributed by atoms with Crippen LogP contribution in [0.2, 0.25) is 0 Å². The number of nitrogens with one attached hydrogen (secondary N) is 1. The Labute approximate surface area is 102 Å². The maximum atomic E-state index is 11.1. The van der Waals surface area contributed by atoms with E-state index in [1.807, 2.05) is 0 Å². The number of aryl methyl sites for hydroxylation is 1. The minimum absolute atomic E-state index is 0.288. The minimum atomic E-state index is -0.556. The summed E-state index contributed by atoms with van der Waals surface area (Å²) in [5, 5.41) is 3.68. The number of hydrogen-bond donors (Lipinski definition) is 3.